The zero-order valence-corrected chi connectivity index (χ0v) is 11.7. The van der Waals surface area contributed by atoms with Crippen molar-refractivity contribution in [3.05, 3.63) is 47.8 Å². The summed E-state index contributed by atoms with van der Waals surface area (Å²) in [7, 11) is 0. The summed E-state index contributed by atoms with van der Waals surface area (Å²) in [6.45, 7) is 4.06. The number of hydrogen-bond donors (Lipinski definition) is 1. The number of halogens is 1. The third kappa shape index (κ3) is 3.35. The Labute approximate surface area is 117 Å². The fourth-order valence-corrected chi connectivity index (χ4v) is 1.85. The number of amides is 1. The van der Waals surface area contributed by atoms with Gasteiger partial charge in [-0.2, -0.15) is 5.10 Å². The van der Waals surface area contributed by atoms with Crippen LogP contribution in [0.4, 0.5) is 5.69 Å². The highest BCUT2D eigenvalue weighted by atomic mass is 35.5. The first-order chi connectivity index (χ1) is 9.10. The van der Waals surface area contributed by atoms with Gasteiger partial charge in [0.05, 0.1) is 11.9 Å². The Kier molecular flexibility index (Phi) is 4.22. The highest BCUT2D eigenvalue weighted by Crippen LogP contribution is 2.13. The first-order valence-corrected chi connectivity index (χ1v) is 6.64. The maximum atomic E-state index is 12.1. The van der Waals surface area contributed by atoms with Crippen LogP contribution in [0.15, 0.2) is 36.7 Å². The molecular weight excluding hydrogens is 262 g/mol. The predicted molar refractivity (Wildman–Crippen MR) is 76.6 cm³/mol. The molecule has 1 amide bonds. The molecule has 4 nitrogen and oxygen atoms in total. The predicted octanol–water partition coefficient (Wildman–Crippen LogP) is 3.46. The summed E-state index contributed by atoms with van der Waals surface area (Å²) in [5, 5.41) is 7.00. The number of nitrogens with one attached hydrogen (secondary N) is 1. The minimum atomic E-state index is -0.157. The molecule has 0 radical (unpaired) electrons. The molecule has 19 heavy (non-hydrogen) atoms. The molecule has 1 aromatic heterocycles. The van der Waals surface area contributed by atoms with Crippen molar-refractivity contribution in [3.63, 3.8) is 0 Å². The molecule has 0 aliphatic rings. The average Bonchev–Trinajstić information content (AvgIpc) is 2.87. The number of nitrogens with zero attached hydrogens (tertiary/aromatic N) is 2. The Morgan fingerprint density at radius 3 is 2.89 bits per heavy atom. The smallest absolute Gasteiger partial charge is 0.255 e. The largest absolute Gasteiger partial charge is 0.319 e. The zero-order valence-electron chi connectivity index (χ0n) is 10.9. The maximum absolute atomic E-state index is 12.1. The molecule has 0 fully saturated rings. The molecule has 0 spiro atoms. The Morgan fingerprint density at radius 2 is 2.26 bits per heavy atom. The van der Waals surface area contributed by atoms with Gasteiger partial charge < -0.3 is 5.32 Å². The molecule has 0 aliphatic carbocycles. The number of aromatic nitrogens is 2. The van der Waals surface area contributed by atoms with E-state index in [0.29, 0.717) is 17.1 Å². The number of benzene rings is 1. The highest BCUT2D eigenvalue weighted by molar-refractivity contribution is 6.17. The molecule has 2 rings (SSSR count). The molecule has 1 N–H and O–H groups in total. The van der Waals surface area contributed by atoms with Gasteiger partial charge in [-0.05, 0) is 31.5 Å². The minimum absolute atomic E-state index is 0.157. The Hall–Kier alpha value is -1.81. The summed E-state index contributed by atoms with van der Waals surface area (Å²) in [6, 6.07) is 7.53. The molecule has 100 valence electrons. The van der Waals surface area contributed by atoms with E-state index >= 15 is 0 Å². The fourth-order valence-electron chi connectivity index (χ4n) is 1.68. The normalized spacial score (nSPS) is 10.7. The lowest BCUT2D eigenvalue weighted by Crippen LogP contribution is -2.11. The van der Waals surface area contributed by atoms with Crippen molar-refractivity contribution in [2.75, 3.05) is 5.32 Å². The molecule has 0 aliphatic heterocycles. The van der Waals surface area contributed by atoms with E-state index in [1.54, 1.807) is 23.0 Å². The monoisotopic (exact) mass is 277 g/mol. The van der Waals surface area contributed by atoms with Crippen LogP contribution in [0.2, 0.25) is 0 Å². The van der Waals surface area contributed by atoms with Crippen LogP contribution in [-0.4, -0.2) is 15.7 Å². The molecule has 2 aromatic rings. The summed E-state index contributed by atoms with van der Waals surface area (Å²) in [5.74, 6) is 0.238. The van der Waals surface area contributed by atoms with E-state index in [2.05, 4.69) is 10.4 Å². The number of hydrogen-bond acceptors (Lipinski definition) is 2. The van der Waals surface area contributed by atoms with Gasteiger partial charge >= 0.3 is 0 Å². The van der Waals surface area contributed by atoms with E-state index in [1.807, 2.05) is 32.2 Å². The van der Waals surface area contributed by atoms with E-state index in [0.717, 1.165) is 5.56 Å². The van der Waals surface area contributed by atoms with Gasteiger partial charge in [0.1, 0.15) is 0 Å². The molecule has 1 aromatic carbocycles. The van der Waals surface area contributed by atoms with E-state index in [9.17, 15) is 4.79 Å². The zero-order chi connectivity index (χ0) is 13.8. The van der Waals surface area contributed by atoms with E-state index < -0.39 is 0 Å². The van der Waals surface area contributed by atoms with Crippen LogP contribution < -0.4 is 5.32 Å². The highest BCUT2D eigenvalue weighted by Gasteiger charge is 2.08. The molecule has 0 saturated heterocycles. The van der Waals surface area contributed by atoms with Gasteiger partial charge in [-0.1, -0.05) is 12.1 Å². The summed E-state index contributed by atoms with van der Waals surface area (Å²) in [4.78, 5) is 12.1. The van der Waals surface area contributed by atoms with Crippen LogP contribution in [0.1, 0.15) is 35.8 Å². The molecule has 5 heteroatoms. The summed E-state index contributed by atoms with van der Waals surface area (Å²) in [6.07, 6.45) is 3.46. The van der Waals surface area contributed by atoms with Crippen molar-refractivity contribution in [2.24, 2.45) is 0 Å². The average molecular weight is 278 g/mol. The minimum Gasteiger partial charge on any atom is -0.319 e. The molecule has 0 unspecified atom stereocenters. The number of carbonyl (C=O) groups excluding carboxylic acids is 1. The van der Waals surface area contributed by atoms with Gasteiger partial charge in [-0.25, -0.2) is 0 Å². The van der Waals surface area contributed by atoms with E-state index in [-0.39, 0.29) is 11.9 Å². The number of rotatable bonds is 4. The summed E-state index contributed by atoms with van der Waals surface area (Å²) < 4.78 is 1.80. The Morgan fingerprint density at radius 1 is 1.47 bits per heavy atom. The molecule has 0 atom stereocenters. The lowest BCUT2D eigenvalue weighted by molar-refractivity contribution is 0.102. The van der Waals surface area contributed by atoms with Gasteiger partial charge in [-0.3, -0.25) is 9.48 Å². The van der Waals surface area contributed by atoms with Crippen molar-refractivity contribution in [1.82, 2.24) is 9.78 Å². The molecule has 0 saturated carbocycles. The van der Waals surface area contributed by atoms with Crippen molar-refractivity contribution in [1.29, 1.82) is 0 Å². The van der Waals surface area contributed by atoms with Gasteiger partial charge in [0.2, 0.25) is 0 Å². The van der Waals surface area contributed by atoms with Crippen molar-refractivity contribution in [2.45, 2.75) is 25.8 Å². The van der Waals surface area contributed by atoms with Crippen LogP contribution in [0, 0.1) is 0 Å². The molecule has 1 heterocycles. The van der Waals surface area contributed by atoms with E-state index in [4.69, 9.17) is 11.6 Å². The molecule has 0 bridgehead atoms. The van der Waals surface area contributed by atoms with Crippen LogP contribution >= 0.6 is 11.6 Å². The van der Waals surface area contributed by atoms with Gasteiger partial charge in [0, 0.05) is 23.7 Å². The Balaban J connectivity index is 2.11. The van der Waals surface area contributed by atoms with Gasteiger partial charge in [0.15, 0.2) is 0 Å². The third-order valence-electron chi connectivity index (χ3n) is 2.73. The maximum Gasteiger partial charge on any atom is 0.255 e. The molecular formula is C14H16ClN3O. The van der Waals surface area contributed by atoms with E-state index in [1.165, 1.54) is 0 Å². The summed E-state index contributed by atoms with van der Waals surface area (Å²) in [5.41, 5.74) is 2.21. The number of anilines is 1. The van der Waals surface area contributed by atoms with Crippen LogP contribution in [-0.2, 0) is 5.88 Å². The van der Waals surface area contributed by atoms with Crippen LogP contribution in [0.25, 0.3) is 0 Å². The summed E-state index contributed by atoms with van der Waals surface area (Å²) >= 11 is 5.76. The van der Waals surface area contributed by atoms with Crippen molar-refractivity contribution in [3.8, 4) is 0 Å². The lowest BCUT2D eigenvalue weighted by atomic mass is 10.1. The van der Waals surface area contributed by atoms with Crippen LogP contribution in [0.5, 0.6) is 0 Å². The first-order valence-electron chi connectivity index (χ1n) is 6.10. The quantitative estimate of drug-likeness (QED) is 0.870. The number of carbonyl (C=O) groups is 1. The van der Waals surface area contributed by atoms with Gasteiger partial charge in [0.25, 0.3) is 5.91 Å². The van der Waals surface area contributed by atoms with Gasteiger partial charge in [-0.15, -0.1) is 11.6 Å². The standard InChI is InChI=1S/C14H16ClN3O/c1-10(2)18-9-13(8-16-18)17-14(19)12-5-3-4-11(6-12)7-15/h3-6,8-10H,7H2,1-2H3,(H,17,19). The third-order valence-corrected chi connectivity index (χ3v) is 3.04. The van der Waals surface area contributed by atoms with Crippen molar-refractivity contribution < 1.29 is 4.79 Å². The van der Waals surface area contributed by atoms with Crippen LogP contribution in [0.3, 0.4) is 0 Å². The second kappa shape index (κ2) is 5.89. The second-order valence-electron chi connectivity index (χ2n) is 4.59. The fraction of sp³-hybridized carbons (Fsp3) is 0.286. The van der Waals surface area contributed by atoms with Crippen molar-refractivity contribution >= 4 is 23.2 Å². The lowest BCUT2D eigenvalue weighted by Gasteiger charge is -2.05. The number of alkyl halides is 1. The Bertz CT molecular complexity index is 578. The topological polar surface area (TPSA) is 46.9 Å². The first kappa shape index (κ1) is 13.6. The second-order valence-corrected chi connectivity index (χ2v) is 4.86. The SMILES string of the molecule is CC(C)n1cc(NC(=O)c2cccc(CCl)c2)cn1.